The molecule has 0 fully saturated rings. The Labute approximate surface area is 81.9 Å². The molecule has 0 bridgehead atoms. The number of aromatic nitrogens is 2. The summed E-state index contributed by atoms with van der Waals surface area (Å²) in [5.41, 5.74) is 2.20. The number of nitrogens with zero attached hydrogens (tertiary/aromatic N) is 2. The van der Waals surface area contributed by atoms with E-state index < -0.39 is 0 Å². The standard InChI is InChI=1S/C9H11ClN2O/c1-12-9(10)6-8(11-12)7-2-4-13-5-3-7/h2,6H,3-5H2,1H3. The highest BCUT2D eigenvalue weighted by molar-refractivity contribution is 6.29. The van der Waals surface area contributed by atoms with Gasteiger partial charge >= 0.3 is 0 Å². The van der Waals surface area contributed by atoms with Crippen LogP contribution in [-0.4, -0.2) is 23.0 Å². The number of halogens is 1. The van der Waals surface area contributed by atoms with Gasteiger partial charge in [-0.1, -0.05) is 17.7 Å². The summed E-state index contributed by atoms with van der Waals surface area (Å²) in [6.07, 6.45) is 2.98. The van der Waals surface area contributed by atoms with Gasteiger partial charge in [0.05, 0.1) is 18.9 Å². The monoisotopic (exact) mass is 198 g/mol. The molecular weight excluding hydrogens is 188 g/mol. The smallest absolute Gasteiger partial charge is 0.127 e. The summed E-state index contributed by atoms with van der Waals surface area (Å²) in [4.78, 5) is 0. The molecule has 0 aromatic carbocycles. The van der Waals surface area contributed by atoms with Crippen LogP contribution in [0.1, 0.15) is 12.1 Å². The summed E-state index contributed by atoms with van der Waals surface area (Å²) < 4.78 is 6.89. The van der Waals surface area contributed by atoms with Gasteiger partial charge in [-0.3, -0.25) is 4.68 Å². The fourth-order valence-corrected chi connectivity index (χ4v) is 1.50. The van der Waals surface area contributed by atoms with E-state index in [1.54, 1.807) is 4.68 Å². The summed E-state index contributed by atoms with van der Waals surface area (Å²) >= 11 is 5.89. The molecule has 0 aliphatic carbocycles. The van der Waals surface area contributed by atoms with E-state index in [-0.39, 0.29) is 0 Å². The Morgan fingerprint density at radius 3 is 3.00 bits per heavy atom. The number of hydrogen-bond donors (Lipinski definition) is 0. The molecule has 13 heavy (non-hydrogen) atoms. The Bertz CT molecular complexity index is 324. The molecule has 0 amide bonds. The molecule has 1 aromatic heterocycles. The second kappa shape index (κ2) is 3.52. The molecule has 0 N–H and O–H groups in total. The summed E-state index contributed by atoms with van der Waals surface area (Å²) in [7, 11) is 1.84. The van der Waals surface area contributed by atoms with Gasteiger partial charge < -0.3 is 4.74 Å². The Hall–Kier alpha value is -0.800. The van der Waals surface area contributed by atoms with Gasteiger partial charge in [-0.25, -0.2) is 0 Å². The normalized spacial score (nSPS) is 17.2. The van der Waals surface area contributed by atoms with Crippen LogP contribution in [0, 0.1) is 0 Å². The van der Waals surface area contributed by atoms with Crippen LogP contribution in [0.25, 0.3) is 5.57 Å². The first-order valence-electron chi connectivity index (χ1n) is 4.24. The van der Waals surface area contributed by atoms with Crippen LogP contribution in [0.15, 0.2) is 12.1 Å². The average molecular weight is 199 g/mol. The van der Waals surface area contributed by atoms with E-state index in [1.165, 1.54) is 5.57 Å². The van der Waals surface area contributed by atoms with Crippen LogP contribution >= 0.6 is 11.6 Å². The molecule has 3 nitrogen and oxygen atoms in total. The fraction of sp³-hybridized carbons (Fsp3) is 0.444. The Balaban J connectivity index is 2.29. The highest BCUT2D eigenvalue weighted by Crippen LogP contribution is 2.22. The van der Waals surface area contributed by atoms with E-state index in [2.05, 4.69) is 11.2 Å². The molecule has 2 heterocycles. The van der Waals surface area contributed by atoms with Gasteiger partial charge in [0.15, 0.2) is 0 Å². The van der Waals surface area contributed by atoms with E-state index in [4.69, 9.17) is 16.3 Å². The summed E-state index contributed by atoms with van der Waals surface area (Å²) in [6.45, 7) is 1.46. The first-order chi connectivity index (χ1) is 6.27. The zero-order valence-electron chi connectivity index (χ0n) is 7.46. The van der Waals surface area contributed by atoms with E-state index in [9.17, 15) is 0 Å². The largest absolute Gasteiger partial charge is 0.377 e. The third-order valence-electron chi connectivity index (χ3n) is 2.12. The minimum atomic E-state index is 0.669. The van der Waals surface area contributed by atoms with Crippen molar-refractivity contribution in [3.63, 3.8) is 0 Å². The van der Waals surface area contributed by atoms with Crippen molar-refractivity contribution in [2.75, 3.05) is 13.2 Å². The topological polar surface area (TPSA) is 27.1 Å². The lowest BCUT2D eigenvalue weighted by atomic mass is 10.1. The van der Waals surface area contributed by atoms with Crippen molar-refractivity contribution in [3.8, 4) is 0 Å². The predicted molar refractivity (Wildman–Crippen MR) is 51.6 cm³/mol. The molecule has 0 spiro atoms. The lowest BCUT2D eigenvalue weighted by molar-refractivity contribution is 0.161. The second-order valence-electron chi connectivity index (χ2n) is 3.03. The van der Waals surface area contributed by atoms with Gasteiger partial charge in [0.2, 0.25) is 0 Å². The maximum Gasteiger partial charge on any atom is 0.127 e. The molecule has 1 aliphatic heterocycles. The third-order valence-corrected chi connectivity index (χ3v) is 2.47. The molecule has 0 unspecified atom stereocenters. The summed E-state index contributed by atoms with van der Waals surface area (Å²) in [5, 5.41) is 4.96. The Kier molecular flexibility index (Phi) is 2.38. The fourth-order valence-electron chi connectivity index (χ4n) is 1.36. The van der Waals surface area contributed by atoms with Crippen molar-refractivity contribution >= 4 is 17.2 Å². The first-order valence-corrected chi connectivity index (χ1v) is 4.62. The van der Waals surface area contributed by atoms with Crippen molar-refractivity contribution < 1.29 is 4.74 Å². The van der Waals surface area contributed by atoms with E-state index in [0.29, 0.717) is 11.8 Å². The van der Waals surface area contributed by atoms with Crippen molar-refractivity contribution in [1.82, 2.24) is 9.78 Å². The number of ether oxygens (including phenoxy) is 1. The molecule has 0 radical (unpaired) electrons. The lowest BCUT2D eigenvalue weighted by Crippen LogP contribution is -2.04. The van der Waals surface area contributed by atoms with Gasteiger partial charge in [-0.2, -0.15) is 5.10 Å². The Morgan fingerprint density at radius 2 is 2.46 bits per heavy atom. The molecule has 0 atom stereocenters. The lowest BCUT2D eigenvalue weighted by Gasteiger charge is -2.10. The van der Waals surface area contributed by atoms with E-state index in [1.807, 2.05) is 13.1 Å². The van der Waals surface area contributed by atoms with Crippen LogP contribution in [0.4, 0.5) is 0 Å². The minimum Gasteiger partial charge on any atom is -0.377 e. The molecule has 2 rings (SSSR count). The number of rotatable bonds is 1. The van der Waals surface area contributed by atoms with Crippen LogP contribution in [0.3, 0.4) is 0 Å². The average Bonchev–Trinajstić information content (AvgIpc) is 2.49. The zero-order valence-corrected chi connectivity index (χ0v) is 8.21. The van der Waals surface area contributed by atoms with Crippen LogP contribution < -0.4 is 0 Å². The number of aryl methyl sites for hydroxylation is 1. The first kappa shape index (κ1) is 8.78. The maximum atomic E-state index is 5.89. The van der Waals surface area contributed by atoms with Crippen LogP contribution in [-0.2, 0) is 11.8 Å². The van der Waals surface area contributed by atoms with Gasteiger partial charge in [0.25, 0.3) is 0 Å². The molecular formula is C9H11ClN2O. The van der Waals surface area contributed by atoms with Crippen LogP contribution in [0.5, 0.6) is 0 Å². The van der Waals surface area contributed by atoms with Gasteiger partial charge in [-0.05, 0) is 12.0 Å². The zero-order chi connectivity index (χ0) is 9.26. The maximum absolute atomic E-state index is 5.89. The number of hydrogen-bond acceptors (Lipinski definition) is 2. The minimum absolute atomic E-state index is 0.669. The third kappa shape index (κ3) is 1.76. The molecule has 1 aliphatic rings. The molecule has 70 valence electrons. The highest BCUT2D eigenvalue weighted by Gasteiger charge is 2.10. The molecule has 0 saturated heterocycles. The second-order valence-corrected chi connectivity index (χ2v) is 3.42. The molecule has 1 aromatic rings. The van der Waals surface area contributed by atoms with Crippen molar-refractivity contribution in [1.29, 1.82) is 0 Å². The van der Waals surface area contributed by atoms with E-state index >= 15 is 0 Å². The van der Waals surface area contributed by atoms with E-state index in [0.717, 1.165) is 18.7 Å². The molecule has 4 heteroatoms. The predicted octanol–water partition coefficient (Wildman–Crippen LogP) is 1.88. The van der Waals surface area contributed by atoms with Gasteiger partial charge in [0, 0.05) is 13.1 Å². The van der Waals surface area contributed by atoms with Crippen molar-refractivity contribution in [3.05, 3.63) is 23.0 Å². The quantitative estimate of drug-likeness (QED) is 0.689. The van der Waals surface area contributed by atoms with Crippen LogP contribution in [0.2, 0.25) is 5.15 Å². The SMILES string of the molecule is Cn1nc(C2=CCOCC2)cc1Cl. The summed E-state index contributed by atoms with van der Waals surface area (Å²) in [5.74, 6) is 0. The summed E-state index contributed by atoms with van der Waals surface area (Å²) in [6, 6.07) is 1.89. The van der Waals surface area contributed by atoms with Gasteiger partial charge in [-0.15, -0.1) is 0 Å². The van der Waals surface area contributed by atoms with Gasteiger partial charge in [0.1, 0.15) is 5.15 Å². The van der Waals surface area contributed by atoms with Crippen molar-refractivity contribution in [2.45, 2.75) is 6.42 Å². The van der Waals surface area contributed by atoms with Crippen molar-refractivity contribution in [2.24, 2.45) is 7.05 Å². The Morgan fingerprint density at radius 1 is 1.62 bits per heavy atom. The highest BCUT2D eigenvalue weighted by atomic mass is 35.5. The molecule has 0 saturated carbocycles.